The summed E-state index contributed by atoms with van der Waals surface area (Å²) in [5.41, 5.74) is 2.07. The summed E-state index contributed by atoms with van der Waals surface area (Å²) in [6, 6.07) is 4.92. The number of nitrogens with zero attached hydrogens (tertiary/aromatic N) is 1. The average molecular weight is 326 g/mol. The van der Waals surface area contributed by atoms with Crippen molar-refractivity contribution in [3.63, 3.8) is 0 Å². The van der Waals surface area contributed by atoms with Crippen molar-refractivity contribution in [2.24, 2.45) is 0 Å². The fourth-order valence-electron chi connectivity index (χ4n) is 2.85. The van der Waals surface area contributed by atoms with Crippen molar-refractivity contribution in [3.05, 3.63) is 29.3 Å². The van der Waals surface area contributed by atoms with Crippen molar-refractivity contribution in [2.45, 2.75) is 32.4 Å². The van der Waals surface area contributed by atoms with Crippen LogP contribution in [0.15, 0.2) is 18.2 Å². The van der Waals surface area contributed by atoms with Gasteiger partial charge in [0.15, 0.2) is 0 Å². The van der Waals surface area contributed by atoms with E-state index in [0.29, 0.717) is 24.3 Å². The molecule has 2 rings (SSSR count). The molecule has 1 aliphatic rings. The van der Waals surface area contributed by atoms with Crippen LogP contribution in [0, 0.1) is 0 Å². The second-order valence-corrected chi connectivity index (χ2v) is 7.64. The summed E-state index contributed by atoms with van der Waals surface area (Å²) < 4.78 is 30.2. The zero-order chi connectivity index (χ0) is 16.5. The summed E-state index contributed by atoms with van der Waals surface area (Å²) in [4.78, 5) is 12.2. The lowest BCUT2D eigenvalue weighted by Gasteiger charge is -2.22. The van der Waals surface area contributed by atoms with E-state index in [0.717, 1.165) is 5.56 Å². The largest absolute Gasteiger partial charge is 0.383 e. The topological polar surface area (TPSA) is 75.7 Å². The van der Waals surface area contributed by atoms with Crippen LogP contribution in [0.4, 0.5) is 5.69 Å². The lowest BCUT2D eigenvalue weighted by Crippen LogP contribution is -2.35. The Morgan fingerprint density at radius 1 is 1.50 bits per heavy atom. The van der Waals surface area contributed by atoms with E-state index >= 15 is 0 Å². The Hall–Kier alpha value is -1.60. The number of carbonyl (C=O) groups is 1. The molecule has 2 atom stereocenters. The van der Waals surface area contributed by atoms with Crippen LogP contribution in [0.2, 0.25) is 0 Å². The van der Waals surface area contributed by atoms with Gasteiger partial charge in [-0.3, -0.25) is 9.10 Å². The van der Waals surface area contributed by atoms with Crippen molar-refractivity contribution in [1.82, 2.24) is 5.32 Å². The molecule has 6 nitrogen and oxygen atoms in total. The monoisotopic (exact) mass is 326 g/mol. The third-order valence-corrected chi connectivity index (χ3v) is 4.92. The van der Waals surface area contributed by atoms with E-state index in [2.05, 4.69) is 5.32 Å². The van der Waals surface area contributed by atoms with Crippen molar-refractivity contribution in [2.75, 3.05) is 24.3 Å². The molecular weight excluding hydrogens is 304 g/mol. The first-order valence-electron chi connectivity index (χ1n) is 7.16. The first-order chi connectivity index (χ1) is 10.2. The molecule has 1 aromatic carbocycles. The summed E-state index contributed by atoms with van der Waals surface area (Å²) in [6.45, 7) is 4.17. The number of sulfonamides is 1. The third kappa shape index (κ3) is 3.41. The zero-order valence-electron chi connectivity index (χ0n) is 13.3. The molecule has 7 heteroatoms. The lowest BCUT2D eigenvalue weighted by atomic mass is 10.1. The Bertz CT molecular complexity index is 672. The summed E-state index contributed by atoms with van der Waals surface area (Å²) in [6.07, 6.45) is 1.81. The molecule has 122 valence electrons. The van der Waals surface area contributed by atoms with Gasteiger partial charge in [-0.2, -0.15) is 0 Å². The van der Waals surface area contributed by atoms with E-state index in [1.54, 1.807) is 25.3 Å². The normalized spacial score (nSPS) is 18.9. The molecule has 0 aromatic heterocycles. The molecule has 0 spiro atoms. The number of fused-ring (bicyclic) bond motifs is 1. The van der Waals surface area contributed by atoms with Crippen LogP contribution in [-0.4, -0.2) is 46.4 Å². The van der Waals surface area contributed by atoms with E-state index in [-0.39, 0.29) is 18.0 Å². The Balaban J connectivity index is 2.24. The maximum Gasteiger partial charge on any atom is 0.251 e. The van der Waals surface area contributed by atoms with Gasteiger partial charge in [0.05, 0.1) is 18.6 Å². The minimum Gasteiger partial charge on any atom is -0.383 e. The molecule has 1 amide bonds. The van der Waals surface area contributed by atoms with Crippen LogP contribution in [-0.2, 0) is 21.2 Å². The van der Waals surface area contributed by atoms with Gasteiger partial charge in [-0.15, -0.1) is 0 Å². The number of hydrogen-bond acceptors (Lipinski definition) is 4. The van der Waals surface area contributed by atoms with Gasteiger partial charge in [0.1, 0.15) is 0 Å². The molecule has 0 saturated heterocycles. The maximum absolute atomic E-state index is 12.2. The standard InChI is InChI=1S/C15H22N2O4S/c1-10(9-21-3)16-15(18)12-5-6-14-13(8-12)7-11(2)17(14)22(4,19)20/h5-6,8,10-11H,7,9H2,1-4H3,(H,16,18)/t10-,11-/m0/s1. The van der Waals surface area contributed by atoms with Gasteiger partial charge < -0.3 is 10.1 Å². The molecule has 1 heterocycles. The maximum atomic E-state index is 12.2. The van der Waals surface area contributed by atoms with Crippen LogP contribution in [0.5, 0.6) is 0 Å². The highest BCUT2D eigenvalue weighted by Gasteiger charge is 2.32. The Morgan fingerprint density at radius 3 is 2.77 bits per heavy atom. The number of rotatable bonds is 5. The van der Waals surface area contributed by atoms with Gasteiger partial charge in [-0.1, -0.05) is 0 Å². The van der Waals surface area contributed by atoms with Crippen molar-refractivity contribution in [1.29, 1.82) is 0 Å². The van der Waals surface area contributed by atoms with E-state index in [9.17, 15) is 13.2 Å². The summed E-state index contributed by atoms with van der Waals surface area (Å²) >= 11 is 0. The number of ether oxygens (including phenoxy) is 1. The fraction of sp³-hybridized carbons (Fsp3) is 0.533. The van der Waals surface area contributed by atoms with Crippen molar-refractivity contribution < 1.29 is 17.9 Å². The van der Waals surface area contributed by atoms with Crippen LogP contribution < -0.4 is 9.62 Å². The second-order valence-electron chi connectivity index (χ2n) is 5.79. The van der Waals surface area contributed by atoms with Gasteiger partial charge in [-0.05, 0) is 44.0 Å². The highest BCUT2D eigenvalue weighted by Crippen LogP contribution is 2.34. The summed E-state index contributed by atoms with van der Waals surface area (Å²) in [5, 5.41) is 2.85. The molecule has 0 radical (unpaired) electrons. The van der Waals surface area contributed by atoms with E-state index in [1.165, 1.54) is 10.6 Å². The van der Waals surface area contributed by atoms with Crippen LogP contribution >= 0.6 is 0 Å². The predicted octanol–water partition coefficient (Wildman–Crippen LogP) is 1.16. The average Bonchev–Trinajstić information content (AvgIpc) is 2.73. The van der Waals surface area contributed by atoms with Crippen LogP contribution in [0.3, 0.4) is 0 Å². The minimum atomic E-state index is -3.31. The summed E-state index contributed by atoms with van der Waals surface area (Å²) in [7, 11) is -1.73. The Morgan fingerprint density at radius 2 is 2.18 bits per heavy atom. The first kappa shape index (κ1) is 16.8. The molecule has 0 bridgehead atoms. The van der Waals surface area contributed by atoms with E-state index in [1.807, 2.05) is 13.8 Å². The van der Waals surface area contributed by atoms with Crippen molar-refractivity contribution in [3.8, 4) is 0 Å². The second kappa shape index (κ2) is 6.26. The van der Waals surface area contributed by atoms with Crippen LogP contribution in [0.25, 0.3) is 0 Å². The molecular formula is C15H22N2O4S. The van der Waals surface area contributed by atoms with Gasteiger partial charge in [0, 0.05) is 24.8 Å². The van der Waals surface area contributed by atoms with Gasteiger partial charge >= 0.3 is 0 Å². The zero-order valence-corrected chi connectivity index (χ0v) is 14.1. The highest BCUT2D eigenvalue weighted by atomic mass is 32.2. The highest BCUT2D eigenvalue weighted by molar-refractivity contribution is 7.92. The SMILES string of the molecule is COC[C@H](C)NC(=O)c1ccc2c(c1)C[C@H](C)N2S(C)(=O)=O. The number of benzene rings is 1. The molecule has 0 saturated carbocycles. The lowest BCUT2D eigenvalue weighted by molar-refractivity contribution is 0.0905. The Kier molecular flexibility index (Phi) is 4.77. The van der Waals surface area contributed by atoms with Gasteiger partial charge in [-0.25, -0.2) is 8.42 Å². The number of carbonyl (C=O) groups excluding carboxylic acids is 1. The molecule has 22 heavy (non-hydrogen) atoms. The smallest absolute Gasteiger partial charge is 0.251 e. The quantitative estimate of drug-likeness (QED) is 0.881. The molecule has 1 N–H and O–H groups in total. The van der Waals surface area contributed by atoms with E-state index < -0.39 is 10.0 Å². The number of amides is 1. The molecule has 0 fully saturated rings. The number of hydrogen-bond donors (Lipinski definition) is 1. The molecule has 1 aromatic rings. The minimum absolute atomic E-state index is 0.0859. The van der Waals surface area contributed by atoms with Gasteiger partial charge in [0.2, 0.25) is 10.0 Å². The van der Waals surface area contributed by atoms with Crippen LogP contribution in [0.1, 0.15) is 29.8 Å². The predicted molar refractivity (Wildman–Crippen MR) is 85.7 cm³/mol. The third-order valence-electron chi connectivity index (χ3n) is 3.65. The first-order valence-corrected chi connectivity index (χ1v) is 9.01. The fourth-order valence-corrected chi connectivity index (χ4v) is 4.11. The van der Waals surface area contributed by atoms with Crippen molar-refractivity contribution >= 4 is 21.6 Å². The molecule has 1 aliphatic heterocycles. The number of methoxy groups -OCH3 is 1. The number of anilines is 1. The van der Waals surface area contributed by atoms with Gasteiger partial charge in [0.25, 0.3) is 5.91 Å². The molecule has 0 unspecified atom stereocenters. The molecule has 0 aliphatic carbocycles. The summed E-state index contributed by atoms with van der Waals surface area (Å²) in [5.74, 6) is -0.183. The Labute approximate surface area is 131 Å². The van der Waals surface area contributed by atoms with E-state index in [4.69, 9.17) is 4.74 Å². The number of nitrogens with one attached hydrogen (secondary N) is 1.